The van der Waals surface area contributed by atoms with Gasteiger partial charge in [0.2, 0.25) is 10.0 Å². The summed E-state index contributed by atoms with van der Waals surface area (Å²) in [7, 11) is -3.81. The molecule has 3 rings (SSSR count). The fourth-order valence-corrected chi connectivity index (χ4v) is 5.61. The zero-order valence-electron chi connectivity index (χ0n) is 16.4. The molecule has 2 atom stereocenters. The summed E-state index contributed by atoms with van der Waals surface area (Å²) >= 11 is 6.07. The third kappa shape index (κ3) is 4.97. The van der Waals surface area contributed by atoms with Gasteiger partial charge < -0.3 is 5.32 Å². The summed E-state index contributed by atoms with van der Waals surface area (Å²) in [6.45, 7) is 4.96. The quantitative estimate of drug-likeness (QED) is 0.765. The molecule has 1 heterocycles. The third-order valence-electron chi connectivity index (χ3n) is 5.05. The fourth-order valence-electron chi connectivity index (χ4n) is 3.70. The second kappa shape index (κ2) is 8.81. The van der Waals surface area contributed by atoms with Crippen molar-refractivity contribution in [2.75, 3.05) is 13.1 Å². The monoisotopic (exact) mass is 438 g/mol. The number of sulfonamides is 1. The van der Waals surface area contributed by atoms with Gasteiger partial charge in [0.05, 0.1) is 10.5 Å². The number of carbonyl (C=O) groups excluding carboxylic acids is 1. The molecule has 5 nitrogen and oxygen atoms in total. The Kier molecular flexibility index (Phi) is 6.61. The van der Waals surface area contributed by atoms with Gasteiger partial charge in [-0.25, -0.2) is 12.8 Å². The highest BCUT2D eigenvalue weighted by atomic mass is 35.5. The van der Waals surface area contributed by atoms with E-state index < -0.39 is 21.7 Å². The molecular formula is C21H24ClFN2O3S. The minimum Gasteiger partial charge on any atom is -0.348 e. The van der Waals surface area contributed by atoms with Crippen molar-refractivity contribution in [2.45, 2.75) is 31.7 Å². The minimum absolute atomic E-state index is 0.0805. The van der Waals surface area contributed by atoms with Gasteiger partial charge >= 0.3 is 0 Å². The molecule has 0 bridgehead atoms. The van der Waals surface area contributed by atoms with Crippen LogP contribution in [0.2, 0.25) is 5.02 Å². The van der Waals surface area contributed by atoms with Crippen LogP contribution in [0.3, 0.4) is 0 Å². The maximum absolute atomic E-state index is 14.3. The number of hydrogen-bond donors (Lipinski definition) is 1. The smallest absolute Gasteiger partial charge is 0.254 e. The van der Waals surface area contributed by atoms with E-state index in [1.54, 1.807) is 24.3 Å². The van der Waals surface area contributed by atoms with Crippen molar-refractivity contribution >= 4 is 27.5 Å². The lowest BCUT2D eigenvalue weighted by Gasteiger charge is -2.34. The number of halogens is 2. The molecule has 0 aliphatic carbocycles. The standard InChI is InChI=1S/C21H24ClFN2O3S/c1-14-9-15(2)13-25(12-14)29(27,28)17-7-8-20(23)18(10-17)21(26)24-11-16-5-3-4-6-19(16)22/h3-8,10,14-15H,9,11-13H2,1-2H3,(H,24,26)/t14-,15-/m0/s1. The Hall–Kier alpha value is -1.96. The normalized spacial score (nSPS) is 20.4. The summed E-state index contributed by atoms with van der Waals surface area (Å²) in [6.07, 6.45) is 0.963. The topological polar surface area (TPSA) is 66.5 Å². The fraction of sp³-hybridized carbons (Fsp3) is 0.381. The molecule has 2 aromatic carbocycles. The molecule has 8 heteroatoms. The van der Waals surface area contributed by atoms with Crippen LogP contribution in [-0.2, 0) is 16.6 Å². The van der Waals surface area contributed by atoms with Crippen LogP contribution in [0.15, 0.2) is 47.4 Å². The van der Waals surface area contributed by atoms with Gasteiger partial charge in [0.1, 0.15) is 5.82 Å². The maximum atomic E-state index is 14.3. The van der Waals surface area contributed by atoms with Crippen molar-refractivity contribution in [2.24, 2.45) is 11.8 Å². The van der Waals surface area contributed by atoms with Gasteiger partial charge in [-0.1, -0.05) is 43.6 Å². The summed E-state index contributed by atoms with van der Waals surface area (Å²) in [6, 6.07) is 10.3. The first-order chi connectivity index (χ1) is 13.7. The number of hydrogen-bond acceptors (Lipinski definition) is 3. The first kappa shape index (κ1) is 21.7. The van der Waals surface area contributed by atoms with Crippen molar-refractivity contribution in [3.05, 3.63) is 64.4 Å². The van der Waals surface area contributed by atoms with Crippen LogP contribution < -0.4 is 5.32 Å². The molecule has 1 aliphatic heterocycles. The number of amides is 1. The molecule has 0 unspecified atom stereocenters. The van der Waals surface area contributed by atoms with E-state index in [2.05, 4.69) is 5.32 Å². The van der Waals surface area contributed by atoms with Gasteiger partial charge in [-0.3, -0.25) is 4.79 Å². The Morgan fingerprint density at radius 2 is 1.83 bits per heavy atom. The molecule has 156 valence electrons. The van der Waals surface area contributed by atoms with Crippen LogP contribution in [0.4, 0.5) is 4.39 Å². The molecule has 1 aliphatic rings. The lowest BCUT2D eigenvalue weighted by Crippen LogP contribution is -2.42. The van der Waals surface area contributed by atoms with Crippen molar-refractivity contribution < 1.29 is 17.6 Å². The number of piperidine rings is 1. The van der Waals surface area contributed by atoms with Gasteiger partial charge in [-0.2, -0.15) is 4.31 Å². The van der Waals surface area contributed by atoms with Crippen LogP contribution >= 0.6 is 11.6 Å². The molecule has 1 fully saturated rings. The van der Waals surface area contributed by atoms with E-state index in [1.165, 1.54) is 10.4 Å². The number of carbonyl (C=O) groups is 1. The number of rotatable bonds is 5. The Morgan fingerprint density at radius 1 is 1.17 bits per heavy atom. The summed E-state index contributed by atoms with van der Waals surface area (Å²) in [4.78, 5) is 12.4. The van der Waals surface area contributed by atoms with E-state index in [1.807, 2.05) is 13.8 Å². The second-order valence-electron chi connectivity index (χ2n) is 7.68. The highest BCUT2D eigenvalue weighted by Gasteiger charge is 2.32. The van der Waals surface area contributed by atoms with Crippen LogP contribution in [0.25, 0.3) is 0 Å². The van der Waals surface area contributed by atoms with Crippen LogP contribution in [-0.4, -0.2) is 31.7 Å². The molecule has 29 heavy (non-hydrogen) atoms. The summed E-state index contributed by atoms with van der Waals surface area (Å²) in [5.74, 6) is -0.986. The van der Waals surface area contributed by atoms with E-state index in [0.29, 0.717) is 23.7 Å². The largest absolute Gasteiger partial charge is 0.348 e. The molecule has 2 aromatic rings. The molecule has 0 spiro atoms. The van der Waals surface area contributed by atoms with Crippen LogP contribution in [0, 0.1) is 17.7 Å². The second-order valence-corrected chi connectivity index (χ2v) is 10.0. The van der Waals surface area contributed by atoms with Crippen molar-refractivity contribution in [3.63, 3.8) is 0 Å². The lowest BCUT2D eigenvalue weighted by molar-refractivity contribution is 0.0946. The van der Waals surface area contributed by atoms with E-state index in [0.717, 1.165) is 18.6 Å². The highest BCUT2D eigenvalue weighted by molar-refractivity contribution is 7.89. The van der Waals surface area contributed by atoms with E-state index >= 15 is 0 Å². The van der Waals surface area contributed by atoms with E-state index in [9.17, 15) is 17.6 Å². The molecule has 0 radical (unpaired) electrons. The van der Waals surface area contributed by atoms with Crippen LogP contribution in [0.1, 0.15) is 36.2 Å². The van der Waals surface area contributed by atoms with Crippen molar-refractivity contribution in [3.8, 4) is 0 Å². The predicted octanol–water partition coefficient (Wildman–Crippen LogP) is 4.08. The Balaban J connectivity index is 1.82. The molecule has 1 amide bonds. The first-order valence-electron chi connectivity index (χ1n) is 9.49. The zero-order chi connectivity index (χ0) is 21.2. The highest BCUT2D eigenvalue weighted by Crippen LogP contribution is 2.27. The van der Waals surface area contributed by atoms with Gasteiger partial charge in [-0.15, -0.1) is 0 Å². The average Bonchev–Trinajstić information content (AvgIpc) is 2.66. The molecule has 0 aromatic heterocycles. The SMILES string of the molecule is C[C@H]1C[C@H](C)CN(S(=O)(=O)c2ccc(F)c(C(=O)NCc3ccccc3Cl)c2)C1. The van der Waals surface area contributed by atoms with Crippen LogP contribution in [0.5, 0.6) is 0 Å². The maximum Gasteiger partial charge on any atom is 0.254 e. The van der Waals surface area contributed by atoms with Crippen molar-refractivity contribution in [1.29, 1.82) is 0 Å². The molecular weight excluding hydrogens is 415 g/mol. The zero-order valence-corrected chi connectivity index (χ0v) is 17.9. The summed E-state index contributed by atoms with van der Waals surface area (Å²) in [5.41, 5.74) is 0.374. The van der Waals surface area contributed by atoms with Crippen molar-refractivity contribution in [1.82, 2.24) is 9.62 Å². The van der Waals surface area contributed by atoms with Gasteiger partial charge in [0.15, 0.2) is 0 Å². The minimum atomic E-state index is -3.81. The number of benzene rings is 2. The molecule has 1 saturated heterocycles. The van der Waals surface area contributed by atoms with E-state index in [-0.39, 0.29) is 28.8 Å². The Labute approximate surface area is 175 Å². The first-order valence-corrected chi connectivity index (χ1v) is 11.3. The number of nitrogens with one attached hydrogen (secondary N) is 1. The Bertz CT molecular complexity index is 1000. The predicted molar refractivity (Wildman–Crippen MR) is 111 cm³/mol. The Morgan fingerprint density at radius 3 is 2.48 bits per heavy atom. The van der Waals surface area contributed by atoms with Gasteiger partial charge in [0.25, 0.3) is 5.91 Å². The third-order valence-corrected chi connectivity index (χ3v) is 7.25. The van der Waals surface area contributed by atoms with Gasteiger partial charge in [-0.05, 0) is 48.1 Å². The summed E-state index contributed by atoms with van der Waals surface area (Å²) in [5, 5.41) is 3.08. The molecule has 0 saturated carbocycles. The summed E-state index contributed by atoms with van der Waals surface area (Å²) < 4.78 is 41.8. The molecule has 1 N–H and O–H groups in total. The number of nitrogens with zero attached hydrogens (tertiary/aromatic N) is 1. The van der Waals surface area contributed by atoms with E-state index in [4.69, 9.17) is 11.6 Å². The lowest BCUT2D eigenvalue weighted by atomic mass is 9.94. The van der Waals surface area contributed by atoms with Gasteiger partial charge in [0, 0.05) is 24.7 Å². The average molecular weight is 439 g/mol.